The molecule has 3 N–H and O–H groups in total. The first-order chi connectivity index (χ1) is 6.97. The molecule has 0 saturated heterocycles. The van der Waals surface area contributed by atoms with E-state index in [0.29, 0.717) is 12.4 Å². The predicted octanol–water partition coefficient (Wildman–Crippen LogP) is 1.26. The Bertz CT molecular complexity index is 395. The molecule has 4 heteroatoms. The third-order valence-electron chi connectivity index (χ3n) is 2.56. The molecule has 0 bridgehead atoms. The summed E-state index contributed by atoms with van der Waals surface area (Å²) in [6.45, 7) is 8.30. The highest BCUT2D eigenvalue weighted by Crippen LogP contribution is 2.14. The maximum Gasteiger partial charge on any atom is 0.254 e. The topological polar surface area (TPSA) is 71.8 Å². The Kier molecular flexibility index (Phi) is 3.63. The van der Waals surface area contributed by atoms with Crippen LogP contribution in [0.3, 0.4) is 0 Å². The normalized spacial score (nSPS) is 13.2. The van der Waals surface area contributed by atoms with Gasteiger partial charge >= 0.3 is 0 Å². The lowest BCUT2D eigenvalue weighted by molar-refractivity contribution is 0.687. The van der Waals surface area contributed by atoms with Gasteiger partial charge in [-0.3, -0.25) is 4.79 Å². The van der Waals surface area contributed by atoms with Crippen molar-refractivity contribution < 1.29 is 0 Å². The number of nitrogens with one attached hydrogen (secondary N) is 1. The molecule has 84 valence electrons. The van der Waals surface area contributed by atoms with Gasteiger partial charge in [0.2, 0.25) is 0 Å². The average Bonchev–Trinajstić information content (AvgIpc) is 2.14. The van der Waals surface area contributed by atoms with Crippen LogP contribution < -0.4 is 11.3 Å². The van der Waals surface area contributed by atoms with E-state index in [2.05, 4.69) is 9.97 Å². The van der Waals surface area contributed by atoms with Crippen LogP contribution in [0.25, 0.3) is 0 Å². The minimum atomic E-state index is -0.0344. The molecule has 0 radical (unpaired) electrons. The van der Waals surface area contributed by atoms with Gasteiger partial charge in [0.05, 0.1) is 0 Å². The lowest BCUT2D eigenvalue weighted by atomic mass is 10.0. The lowest BCUT2D eigenvalue weighted by Gasteiger charge is -2.12. The van der Waals surface area contributed by atoms with Crippen LogP contribution in [0.5, 0.6) is 0 Å². The standard InChI is InChI=1S/C11H19N3O/c1-6(2)9-8(4)13-10(7(3)5-12)14-11(9)15/h6-7H,5,12H2,1-4H3,(H,13,14,15). The van der Waals surface area contributed by atoms with Crippen LogP contribution in [0.1, 0.15) is 49.7 Å². The molecule has 1 aromatic rings. The second kappa shape index (κ2) is 4.57. The van der Waals surface area contributed by atoms with Crippen LogP contribution in [0.4, 0.5) is 0 Å². The molecule has 0 aromatic carbocycles. The highest BCUT2D eigenvalue weighted by Gasteiger charge is 2.13. The average molecular weight is 209 g/mol. The second-order valence-electron chi connectivity index (χ2n) is 4.24. The van der Waals surface area contributed by atoms with Gasteiger partial charge in [0.15, 0.2) is 0 Å². The Morgan fingerprint density at radius 2 is 2.00 bits per heavy atom. The molecule has 0 fully saturated rings. The van der Waals surface area contributed by atoms with E-state index in [1.165, 1.54) is 0 Å². The molecule has 0 amide bonds. The smallest absolute Gasteiger partial charge is 0.254 e. The van der Waals surface area contributed by atoms with Crippen LogP contribution in [-0.2, 0) is 0 Å². The fourth-order valence-electron chi connectivity index (χ4n) is 1.64. The third-order valence-corrected chi connectivity index (χ3v) is 2.56. The molecule has 0 spiro atoms. The quantitative estimate of drug-likeness (QED) is 0.787. The molecule has 1 rings (SSSR count). The molecule has 0 aliphatic carbocycles. The molecule has 1 aromatic heterocycles. The van der Waals surface area contributed by atoms with E-state index < -0.39 is 0 Å². The number of nitrogens with zero attached hydrogens (tertiary/aromatic N) is 1. The summed E-state index contributed by atoms with van der Waals surface area (Å²) >= 11 is 0. The molecule has 4 nitrogen and oxygen atoms in total. The highest BCUT2D eigenvalue weighted by atomic mass is 16.1. The van der Waals surface area contributed by atoms with E-state index in [0.717, 1.165) is 11.3 Å². The van der Waals surface area contributed by atoms with E-state index in [-0.39, 0.29) is 17.4 Å². The van der Waals surface area contributed by atoms with E-state index in [4.69, 9.17) is 5.73 Å². The van der Waals surface area contributed by atoms with Crippen LogP contribution in [0, 0.1) is 6.92 Å². The SMILES string of the molecule is Cc1nc(C(C)CN)[nH]c(=O)c1C(C)C. The van der Waals surface area contributed by atoms with Crippen LogP contribution in [0.15, 0.2) is 4.79 Å². The van der Waals surface area contributed by atoms with E-state index in [1.54, 1.807) is 0 Å². The maximum atomic E-state index is 11.8. The van der Waals surface area contributed by atoms with Gasteiger partial charge in [0.1, 0.15) is 5.82 Å². The number of H-pyrrole nitrogens is 1. The lowest BCUT2D eigenvalue weighted by Crippen LogP contribution is -2.23. The van der Waals surface area contributed by atoms with Gasteiger partial charge < -0.3 is 10.7 Å². The van der Waals surface area contributed by atoms with E-state index in [9.17, 15) is 4.79 Å². The van der Waals surface area contributed by atoms with Crippen LogP contribution in [0.2, 0.25) is 0 Å². The van der Waals surface area contributed by atoms with Crippen molar-refractivity contribution in [2.24, 2.45) is 5.73 Å². The summed E-state index contributed by atoms with van der Waals surface area (Å²) in [5, 5.41) is 0. The summed E-state index contributed by atoms with van der Waals surface area (Å²) in [6.07, 6.45) is 0. The minimum Gasteiger partial charge on any atom is -0.330 e. The Balaban J connectivity index is 3.26. The van der Waals surface area contributed by atoms with Crippen molar-refractivity contribution in [1.29, 1.82) is 0 Å². The van der Waals surface area contributed by atoms with Gasteiger partial charge in [0, 0.05) is 23.7 Å². The zero-order chi connectivity index (χ0) is 11.6. The summed E-state index contributed by atoms with van der Waals surface area (Å²) in [7, 11) is 0. The van der Waals surface area contributed by atoms with Crippen LogP contribution in [-0.4, -0.2) is 16.5 Å². The molecule has 0 saturated carbocycles. The Morgan fingerprint density at radius 3 is 2.40 bits per heavy atom. The van der Waals surface area contributed by atoms with Crippen molar-refractivity contribution in [3.63, 3.8) is 0 Å². The van der Waals surface area contributed by atoms with Gasteiger partial charge in [-0.05, 0) is 12.8 Å². The number of hydrogen-bond acceptors (Lipinski definition) is 3. The monoisotopic (exact) mass is 209 g/mol. The first-order valence-corrected chi connectivity index (χ1v) is 5.28. The van der Waals surface area contributed by atoms with E-state index in [1.807, 2.05) is 27.7 Å². The number of hydrogen-bond donors (Lipinski definition) is 2. The summed E-state index contributed by atoms with van der Waals surface area (Å²) in [4.78, 5) is 19.0. The third kappa shape index (κ3) is 2.45. The largest absolute Gasteiger partial charge is 0.330 e. The first-order valence-electron chi connectivity index (χ1n) is 5.28. The fourth-order valence-corrected chi connectivity index (χ4v) is 1.64. The van der Waals surface area contributed by atoms with Crippen molar-refractivity contribution in [1.82, 2.24) is 9.97 Å². The Labute approximate surface area is 89.9 Å². The minimum absolute atomic E-state index is 0.0344. The molecular weight excluding hydrogens is 190 g/mol. The predicted molar refractivity (Wildman–Crippen MR) is 61.2 cm³/mol. The number of aromatic amines is 1. The van der Waals surface area contributed by atoms with Gasteiger partial charge in [-0.15, -0.1) is 0 Å². The Hall–Kier alpha value is -1.16. The molecule has 1 atom stereocenters. The molecule has 15 heavy (non-hydrogen) atoms. The number of rotatable bonds is 3. The van der Waals surface area contributed by atoms with Gasteiger partial charge in [-0.1, -0.05) is 20.8 Å². The van der Waals surface area contributed by atoms with Crippen molar-refractivity contribution in [2.45, 2.75) is 39.5 Å². The van der Waals surface area contributed by atoms with E-state index >= 15 is 0 Å². The second-order valence-corrected chi connectivity index (χ2v) is 4.24. The molecule has 1 heterocycles. The number of nitrogens with two attached hydrogens (primary N) is 1. The summed E-state index contributed by atoms with van der Waals surface area (Å²) in [5.41, 5.74) is 7.08. The van der Waals surface area contributed by atoms with Gasteiger partial charge in [-0.25, -0.2) is 4.98 Å². The summed E-state index contributed by atoms with van der Waals surface area (Å²) in [6, 6.07) is 0. The molecular formula is C11H19N3O. The molecule has 0 aliphatic rings. The molecule has 0 aliphatic heterocycles. The zero-order valence-electron chi connectivity index (χ0n) is 9.79. The number of aryl methyl sites for hydroxylation is 1. The van der Waals surface area contributed by atoms with Crippen LogP contribution >= 0.6 is 0 Å². The highest BCUT2D eigenvalue weighted by molar-refractivity contribution is 5.20. The maximum absolute atomic E-state index is 11.8. The Morgan fingerprint density at radius 1 is 1.40 bits per heavy atom. The first kappa shape index (κ1) is 11.9. The van der Waals surface area contributed by atoms with Gasteiger partial charge in [-0.2, -0.15) is 0 Å². The van der Waals surface area contributed by atoms with Gasteiger partial charge in [0.25, 0.3) is 5.56 Å². The van der Waals surface area contributed by atoms with Crippen molar-refractivity contribution in [3.05, 3.63) is 27.4 Å². The summed E-state index contributed by atoms with van der Waals surface area (Å²) < 4.78 is 0. The van der Waals surface area contributed by atoms with Crippen molar-refractivity contribution >= 4 is 0 Å². The number of aromatic nitrogens is 2. The van der Waals surface area contributed by atoms with Crippen molar-refractivity contribution in [2.75, 3.05) is 6.54 Å². The fraction of sp³-hybridized carbons (Fsp3) is 0.636. The zero-order valence-corrected chi connectivity index (χ0v) is 9.79. The molecule has 1 unspecified atom stereocenters. The summed E-state index contributed by atoms with van der Waals surface area (Å²) in [5.74, 6) is 0.977. The van der Waals surface area contributed by atoms with Crippen molar-refractivity contribution in [3.8, 4) is 0 Å².